The maximum atomic E-state index is 11.9. The topological polar surface area (TPSA) is 67.4 Å². The summed E-state index contributed by atoms with van der Waals surface area (Å²) in [5.41, 5.74) is 0.438. The maximum absolute atomic E-state index is 11.9. The van der Waals surface area contributed by atoms with Gasteiger partial charge in [0.1, 0.15) is 12.6 Å². The minimum atomic E-state index is -4.35. The second-order valence-electron chi connectivity index (χ2n) is 4.87. The van der Waals surface area contributed by atoms with E-state index in [9.17, 15) is 22.8 Å². The predicted molar refractivity (Wildman–Crippen MR) is 77.9 cm³/mol. The Kier molecular flexibility index (Phi) is 7.53. The van der Waals surface area contributed by atoms with Crippen LogP contribution in [0.4, 0.5) is 13.2 Å². The van der Waals surface area contributed by atoms with E-state index in [0.717, 1.165) is 0 Å². The molecule has 1 aromatic carbocycles. The Bertz CT molecular complexity index is 506. The molecule has 0 aliphatic rings. The van der Waals surface area contributed by atoms with Crippen molar-refractivity contribution in [2.75, 3.05) is 19.8 Å². The lowest BCUT2D eigenvalue weighted by Gasteiger charge is -2.14. The SMILES string of the molecule is CC(NC(=O)c1ccccc1)C(=O)NCCCOCC(F)(F)F. The molecule has 0 aliphatic heterocycles. The molecule has 23 heavy (non-hydrogen) atoms. The van der Waals surface area contributed by atoms with Gasteiger partial charge < -0.3 is 15.4 Å². The summed E-state index contributed by atoms with van der Waals surface area (Å²) in [5, 5.41) is 5.06. The number of benzene rings is 1. The fourth-order valence-corrected chi connectivity index (χ4v) is 1.66. The molecule has 0 bridgehead atoms. The van der Waals surface area contributed by atoms with E-state index in [1.54, 1.807) is 30.3 Å². The molecule has 0 aromatic heterocycles. The van der Waals surface area contributed by atoms with Gasteiger partial charge in [-0.15, -0.1) is 0 Å². The Balaban J connectivity index is 2.20. The van der Waals surface area contributed by atoms with Gasteiger partial charge in [-0.25, -0.2) is 0 Å². The van der Waals surface area contributed by atoms with E-state index in [1.165, 1.54) is 6.92 Å². The zero-order valence-corrected chi connectivity index (χ0v) is 12.7. The van der Waals surface area contributed by atoms with Gasteiger partial charge >= 0.3 is 6.18 Å². The number of halogens is 3. The third kappa shape index (κ3) is 8.20. The molecule has 0 fully saturated rings. The van der Waals surface area contributed by atoms with Crippen molar-refractivity contribution in [1.82, 2.24) is 10.6 Å². The number of ether oxygens (including phenoxy) is 1. The average Bonchev–Trinajstić information content (AvgIpc) is 2.50. The van der Waals surface area contributed by atoms with E-state index in [2.05, 4.69) is 15.4 Å². The molecule has 2 amide bonds. The maximum Gasteiger partial charge on any atom is 0.411 e. The molecule has 2 N–H and O–H groups in total. The van der Waals surface area contributed by atoms with Crippen LogP contribution in [0.3, 0.4) is 0 Å². The van der Waals surface area contributed by atoms with Crippen molar-refractivity contribution in [3.63, 3.8) is 0 Å². The Morgan fingerprint density at radius 1 is 1.22 bits per heavy atom. The van der Waals surface area contributed by atoms with Gasteiger partial charge in [-0.05, 0) is 25.5 Å². The van der Waals surface area contributed by atoms with Crippen molar-refractivity contribution >= 4 is 11.8 Å². The van der Waals surface area contributed by atoms with E-state index in [1.807, 2.05) is 0 Å². The van der Waals surface area contributed by atoms with Crippen molar-refractivity contribution in [2.45, 2.75) is 25.6 Å². The molecular weight excluding hydrogens is 313 g/mol. The van der Waals surface area contributed by atoms with Crippen LogP contribution in [0.2, 0.25) is 0 Å². The van der Waals surface area contributed by atoms with Crippen LogP contribution in [0.5, 0.6) is 0 Å². The van der Waals surface area contributed by atoms with E-state index in [-0.39, 0.29) is 25.5 Å². The first-order valence-corrected chi connectivity index (χ1v) is 7.08. The lowest BCUT2D eigenvalue weighted by Crippen LogP contribution is -2.45. The number of carbonyl (C=O) groups excluding carboxylic acids is 2. The smallest absolute Gasteiger partial charge is 0.372 e. The first-order valence-electron chi connectivity index (χ1n) is 7.08. The van der Waals surface area contributed by atoms with Gasteiger partial charge in [-0.3, -0.25) is 9.59 Å². The number of rotatable bonds is 8. The summed E-state index contributed by atoms with van der Waals surface area (Å²) in [7, 11) is 0. The van der Waals surface area contributed by atoms with E-state index >= 15 is 0 Å². The Hall–Kier alpha value is -2.09. The number of hydrogen-bond donors (Lipinski definition) is 2. The molecule has 0 aliphatic carbocycles. The lowest BCUT2D eigenvalue weighted by molar-refractivity contribution is -0.174. The third-order valence-corrected chi connectivity index (χ3v) is 2.81. The highest BCUT2D eigenvalue weighted by Crippen LogP contribution is 2.14. The molecule has 0 saturated carbocycles. The molecular formula is C15H19F3N2O3. The van der Waals surface area contributed by atoms with Crippen LogP contribution in [0.25, 0.3) is 0 Å². The fraction of sp³-hybridized carbons (Fsp3) is 0.467. The number of nitrogens with one attached hydrogen (secondary N) is 2. The van der Waals surface area contributed by atoms with Gasteiger partial charge in [0.15, 0.2) is 0 Å². The van der Waals surface area contributed by atoms with Gasteiger partial charge in [0, 0.05) is 18.7 Å². The highest BCUT2D eigenvalue weighted by atomic mass is 19.4. The molecule has 0 saturated heterocycles. The molecule has 1 unspecified atom stereocenters. The van der Waals surface area contributed by atoms with Gasteiger partial charge in [0.2, 0.25) is 5.91 Å². The summed E-state index contributed by atoms with van der Waals surface area (Å²) in [6, 6.07) is 7.68. The van der Waals surface area contributed by atoms with Crippen LogP contribution >= 0.6 is 0 Å². The van der Waals surface area contributed by atoms with E-state index in [4.69, 9.17) is 0 Å². The largest absolute Gasteiger partial charge is 0.411 e. The van der Waals surface area contributed by atoms with Crippen LogP contribution < -0.4 is 10.6 Å². The Morgan fingerprint density at radius 2 is 1.87 bits per heavy atom. The second-order valence-corrected chi connectivity index (χ2v) is 4.87. The number of carbonyl (C=O) groups is 2. The van der Waals surface area contributed by atoms with Gasteiger partial charge in [-0.2, -0.15) is 13.2 Å². The monoisotopic (exact) mass is 332 g/mol. The van der Waals surface area contributed by atoms with Gasteiger partial charge in [0.25, 0.3) is 5.91 Å². The highest BCUT2D eigenvalue weighted by molar-refractivity contribution is 5.97. The van der Waals surface area contributed by atoms with Crippen molar-refractivity contribution < 1.29 is 27.5 Å². The van der Waals surface area contributed by atoms with Crippen LogP contribution in [0.1, 0.15) is 23.7 Å². The van der Waals surface area contributed by atoms with Crippen LogP contribution in [0.15, 0.2) is 30.3 Å². The number of amides is 2. The summed E-state index contributed by atoms with van der Waals surface area (Å²) in [6.07, 6.45) is -4.10. The molecule has 0 heterocycles. The molecule has 1 aromatic rings. The minimum absolute atomic E-state index is 0.107. The number of alkyl halides is 3. The highest BCUT2D eigenvalue weighted by Gasteiger charge is 2.27. The minimum Gasteiger partial charge on any atom is -0.372 e. The summed E-state index contributed by atoms with van der Waals surface area (Å²) in [5.74, 6) is -0.785. The second kappa shape index (κ2) is 9.14. The lowest BCUT2D eigenvalue weighted by atomic mass is 10.2. The van der Waals surface area contributed by atoms with Crippen LogP contribution in [-0.4, -0.2) is 43.8 Å². The zero-order chi connectivity index (χ0) is 17.3. The normalized spacial score (nSPS) is 12.5. The average molecular weight is 332 g/mol. The van der Waals surface area contributed by atoms with Crippen LogP contribution in [-0.2, 0) is 9.53 Å². The van der Waals surface area contributed by atoms with Gasteiger partial charge in [0.05, 0.1) is 0 Å². The molecule has 8 heteroatoms. The van der Waals surface area contributed by atoms with Crippen molar-refractivity contribution in [2.24, 2.45) is 0 Å². The zero-order valence-electron chi connectivity index (χ0n) is 12.7. The quantitative estimate of drug-likeness (QED) is 0.715. The van der Waals surface area contributed by atoms with Crippen molar-refractivity contribution in [3.05, 3.63) is 35.9 Å². The summed E-state index contributed by atoms with van der Waals surface area (Å²) in [6.45, 7) is 0.285. The van der Waals surface area contributed by atoms with E-state index < -0.39 is 24.7 Å². The van der Waals surface area contributed by atoms with Crippen molar-refractivity contribution in [3.8, 4) is 0 Å². The third-order valence-electron chi connectivity index (χ3n) is 2.81. The van der Waals surface area contributed by atoms with Gasteiger partial charge in [-0.1, -0.05) is 18.2 Å². The Morgan fingerprint density at radius 3 is 2.48 bits per heavy atom. The summed E-state index contributed by atoms with van der Waals surface area (Å²) in [4.78, 5) is 23.6. The standard InChI is InChI=1S/C15H19F3N2O3/c1-11(20-14(22)12-6-3-2-4-7-12)13(21)19-8-5-9-23-10-15(16,17)18/h2-4,6-7,11H,5,8-10H2,1H3,(H,19,21)(H,20,22). The van der Waals surface area contributed by atoms with Crippen molar-refractivity contribution in [1.29, 1.82) is 0 Å². The first-order chi connectivity index (χ1) is 10.8. The molecule has 0 spiro atoms. The predicted octanol–water partition coefficient (Wildman–Crippen LogP) is 1.89. The summed E-state index contributed by atoms with van der Waals surface area (Å²) >= 11 is 0. The first kappa shape index (κ1) is 19.0. The number of hydrogen-bond acceptors (Lipinski definition) is 3. The molecule has 1 atom stereocenters. The fourth-order valence-electron chi connectivity index (χ4n) is 1.66. The summed E-state index contributed by atoms with van der Waals surface area (Å²) < 4.78 is 39.9. The molecule has 5 nitrogen and oxygen atoms in total. The Labute approximate surface area is 132 Å². The molecule has 1 rings (SSSR count). The molecule has 0 radical (unpaired) electrons. The molecule has 128 valence electrons. The van der Waals surface area contributed by atoms with E-state index in [0.29, 0.717) is 5.56 Å². The van der Waals surface area contributed by atoms with Crippen LogP contribution in [0, 0.1) is 0 Å².